The lowest BCUT2D eigenvalue weighted by Gasteiger charge is -2.42. The van der Waals surface area contributed by atoms with Gasteiger partial charge in [-0.2, -0.15) is 0 Å². The largest absolute Gasteiger partial charge is 0.341 e. The highest BCUT2D eigenvalue weighted by molar-refractivity contribution is 5.82. The van der Waals surface area contributed by atoms with Crippen LogP contribution in [-0.2, 0) is 6.54 Å². The van der Waals surface area contributed by atoms with Gasteiger partial charge in [-0.1, -0.05) is 29.8 Å². The van der Waals surface area contributed by atoms with Gasteiger partial charge in [0.15, 0.2) is 5.96 Å². The Morgan fingerprint density at radius 2 is 1.73 bits per heavy atom. The van der Waals surface area contributed by atoms with Crippen molar-refractivity contribution in [2.75, 3.05) is 41.5 Å². The first-order valence-corrected chi connectivity index (χ1v) is 7.37. The number of amides is 2. The number of rotatable bonds is 2. The smallest absolute Gasteiger partial charge is 0.322 e. The second-order valence-corrected chi connectivity index (χ2v) is 5.87. The maximum Gasteiger partial charge on any atom is 0.322 e. The van der Waals surface area contributed by atoms with Crippen LogP contribution < -0.4 is 0 Å². The van der Waals surface area contributed by atoms with Gasteiger partial charge in [0.25, 0.3) is 0 Å². The van der Waals surface area contributed by atoms with Crippen LogP contribution in [0, 0.1) is 6.92 Å². The Hall–Kier alpha value is -2.24. The molecule has 0 saturated carbocycles. The molecular weight excluding hydrogens is 278 g/mol. The molecule has 1 aromatic rings. The second kappa shape index (κ2) is 6.68. The molecule has 1 aliphatic heterocycles. The van der Waals surface area contributed by atoms with Crippen LogP contribution in [0.25, 0.3) is 0 Å². The highest BCUT2D eigenvalue weighted by Crippen LogP contribution is 2.12. The standard InChI is InChI=1S/C16H25N5O/c1-13-6-8-14(9-7-13)10-18(3)15(17-2)21-11-19(4)16(22)20(5)12-21/h6-9H,10-12H2,1-5H3. The summed E-state index contributed by atoms with van der Waals surface area (Å²) >= 11 is 0. The third kappa shape index (κ3) is 3.50. The molecule has 22 heavy (non-hydrogen) atoms. The summed E-state index contributed by atoms with van der Waals surface area (Å²) in [5, 5.41) is 0. The topological polar surface area (TPSA) is 42.4 Å². The average molecular weight is 303 g/mol. The van der Waals surface area contributed by atoms with Gasteiger partial charge in [-0.15, -0.1) is 0 Å². The first-order valence-electron chi connectivity index (χ1n) is 7.37. The van der Waals surface area contributed by atoms with E-state index in [0.29, 0.717) is 13.3 Å². The van der Waals surface area contributed by atoms with Gasteiger partial charge in [0.1, 0.15) is 0 Å². The molecule has 1 saturated heterocycles. The molecule has 6 nitrogen and oxygen atoms in total. The van der Waals surface area contributed by atoms with Crippen molar-refractivity contribution in [3.8, 4) is 0 Å². The van der Waals surface area contributed by atoms with E-state index in [4.69, 9.17) is 0 Å². The Kier molecular flexibility index (Phi) is 4.90. The van der Waals surface area contributed by atoms with E-state index < -0.39 is 0 Å². The van der Waals surface area contributed by atoms with Gasteiger partial charge < -0.3 is 19.6 Å². The van der Waals surface area contributed by atoms with E-state index in [9.17, 15) is 4.79 Å². The van der Waals surface area contributed by atoms with Gasteiger partial charge in [-0.25, -0.2) is 4.79 Å². The first-order chi connectivity index (χ1) is 10.4. The molecule has 1 fully saturated rings. The SMILES string of the molecule is CN=C(N(C)Cc1ccc(C)cc1)N1CN(C)C(=O)N(C)C1. The Bertz CT molecular complexity index is 540. The minimum Gasteiger partial charge on any atom is -0.341 e. The number of aryl methyl sites for hydroxylation is 1. The summed E-state index contributed by atoms with van der Waals surface area (Å²) in [5.41, 5.74) is 2.50. The zero-order chi connectivity index (χ0) is 16.3. The molecule has 6 heteroatoms. The maximum atomic E-state index is 11.8. The Labute approximate surface area is 132 Å². The van der Waals surface area contributed by atoms with Crippen LogP contribution in [0.3, 0.4) is 0 Å². The van der Waals surface area contributed by atoms with Crippen LogP contribution in [0.5, 0.6) is 0 Å². The van der Waals surface area contributed by atoms with Crippen molar-refractivity contribution in [3.05, 3.63) is 35.4 Å². The van der Waals surface area contributed by atoms with Gasteiger partial charge in [0.05, 0.1) is 13.3 Å². The van der Waals surface area contributed by atoms with E-state index in [0.717, 1.165) is 12.5 Å². The number of benzene rings is 1. The molecule has 0 unspecified atom stereocenters. The van der Waals surface area contributed by atoms with E-state index in [-0.39, 0.29) is 6.03 Å². The maximum absolute atomic E-state index is 11.8. The molecule has 0 aromatic heterocycles. The molecule has 2 rings (SSSR count). The third-order valence-corrected chi connectivity index (χ3v) is 3.78. The number of urea groups is 1. The van der Waals surface area contributed by atoms with Crippen LogP contribution in [0.15, 0.2) is 29.3 Å². The number of aliphatic imine (C=N–C) groups is 1. The number of hydrogen-bond donors (Lipinski definition) is 0. The predicted molar refractivity (Wildman–Crippen MR) is 88.5 cm³/mol. The minimum absolute atomic E-state index is 0.0351. The number of guanidine groups is 1. The van der Waals surface area contributed by atoms with Crippen LogP contribution in [-0.4, -0.2) is 73.1 Å². The lowest BCUT2D eigenvalue weighted by Crippen LogP contribution is -2.59. The van der Waals surface area contributed by atoms with Gasteiger partial charge in [-0.3, -0.25) is 4.99 Å². The molecule has 1 aromatic carbocycles. The summed E-state index contributed by atoms with van der Waals surface area (Å²) in [5.74, 6) is 0.881. The van der Waals surface area contributed by atoms with Crippen molar-refractivity contribution in [3.63, 3.8) is 0 Å². The van der Waals surface area contributed by atoms with Crippen molar-refractivity contribution in [2.45, 2.75) is 13.5 Å². The van der Waals surface area contributed by atoms with Crippen LogP contribution in [0.4, 0.5) is 4.79 Å². The van der Waals surface area contributed by atoms with E-state index in [1.165, 1.54) is 11.1 Å². The molecular formula is C16H25N5O. The molecule has 0 N–H and O–H groups in total. The van der Waals surface area contributed by atoms with Crippen LogP contribution in [0.2, 0.25) is 0 Å². The molecule has 1 aliphatic rings. The van der Waals surface area contributed by atoms with Gasteiger partial charge >= 0.3 is 6.03 Å². The summed E-state index contributed by atoms with van der Waals surface area (Å²) in [6.45, 7) is 3.97. The first kappa shape index (κ1) is 16.1. The molecule has 1 heterocycles. The molecule has 0 spiro atoms. The zero-order valence-electron chi connectivity index (χ0n) is 14.1. The fraction of sp³-hybridized carbons (Fsp3) is 0.500. The summed E-state index contributed by atoms with van der Waals surface area (Å²) in [7, 11) is 7.42. The molecule has 0 bridgehead atoms. The van der Waals surface area contributed by atoms with E-state index in [2.05, 4.69) is 46.0 Å². The van der Waals surface area contributed by atoms with Crippen LogP contribution in [0.1, 0.15) is 11.1 Å². The quantitative estimate of drug-likeness (QED) is 0.616. The molecule has 0 atom stereocenters. The lowest BCUT2D eigenvalue weighted by atomic mass is 10.1. The highest BCUT2D eigenvalue weighted by Gasteiger charge is 2.28. The summed E-state index contributed by atoms with van der Waals surface area (Å²) in [6, 6.07) is 8.54. The zero-order valence-corrected chi connectivity index (χ0v) is 14.1. The van der Waals surface area contributed by atoms with Gasteiger partial charge in [0, 0.05) is 34.7 Å². The normalized spacial score (nSPS) is 16.3. The number of carbonyl (C=O) groups excluding carboxylic acids is 1. The second-order valence-electron chi connectivity index (χ2n) is 5.87. The van der Waals surface area contributed by atoms with Gasteiger partial charge in [0.2, 0.25) is 0 Å². The molecule has 120 valence electrons. The summed E-state index contributed by atoms with van der Waals surface area (Å²) in [4.78, 5) is 23.9. The van der Waals surface area contributed by atoms with E-state index in [1.54, 1.807) is 30.9 Å². The monoisotopic (exact) mass is 303 g/mol. The van der Waals surface area contributed by atoms with Crippen LogP contribution >= 0.6 is 0 Å². The van der Waals surface area contributed by atoms with Crippen molar-refractivity contribution < 1.29 is 4.79 Å². The average Bonchev–Trinajstić information content (AvgIpc) is 2.48. The Morgan fingerprint density at radius 3 is 2.23 bits per heavy atom. The molecule has 2 amide bonds. The minimum atomic E-state index is 0.0351. The fourth-order valence-corrected chi connectivity index (χ4v) is 2.69. The fourth-order valence-electron chi connectivity index (χ4n) is 2.69. The highest BCUT2D eigenvalue weighted by atomic mass is 16.2. The summed E-state index contributed by atoms with van der Waals surface area (Å²) < 4.78 is 0. The lowest BCUT2D eigenvalue weighted by molar-refractivity contribution is 0.0876. The Balaban J connectivity index is 2.07. The van der Waals surface area contributed by atoms with Crippen molar-refractivity contribution in [1.29, 1.82) is 0 Å². The Morgan fingerprint density at radius 1 is 1.18 bits per heavy atom. The van der Waals surface area contributed by atoms with E-state index in [1.807, 2.05) is 7.05 Å². The van der Waals surface area contributed by atoms with Crippen molar-refractivity contribution in [1.82, 2.24) is 19.6 Å². The van der Waals surface area contributed by atoms with Crippen molar-refractivity contribution >= 4 is 12.0 Å². The van der Waals surface area contributed by atoms with Crippen molar-refractivity contribution in [2.24, 2.45) is 4.99 Å². The number of hydrogen-bond acceptors (Lipinski definition) is 2. The molecule has 0 radical (unpaired) electrons. The number of carbonyl (C=O) groups is 1. The third-order valence-electron chi connectivity index (χ3n) is 3.78. The molecule has 0 aliphatic carbocycles. The van der Waals surface area contributed by atoms with Gasteiger partial charge in [-0.05, 0) is 12.5 Å². The van der Waals surface area contributed by atoms with E-state index >= 15 is 0 Å². The predicted octanol–water partition coefficient (Wildman–Crippen LogP) is 1.63. The number of nitrogens with zero attached hydrogens (tertiary/aromatic N) is 5. The summed E-state index contributed by atoms with van der Waals surface area (Å²) in [6.07, 6.45) is 0.